The molecular formula is C20H12F5N5O4S. The van der Waals surface area contributed by atoms with Gasteiger partial charge in [-0.05, 0) is 30.7 Å². The SMILES string of the molecule is Cc1c(C(F)(F)F)nnc(Oc2ncc(C#N)c(F)c2F)c1C(=O)Nc1cccc(S(C)(=O)=O)c1. The van der Waals surface area contributed by atoms with E-state index < -0.39 is 67.7 Å². The highest BCUT2D eigenvalue weighted by molar-refractivity contribution is 7.90. The Balaban J connectivity index is 2.11. The second kappa shape index (κ2) is 9.22. The highest BCUT2D eigenvalue weighted by Crippen LogP contribution is 2.35. The molecule has 3 rings (SSSR count). The van der Waals surface area contributed by atoms with E-state index in [0.717, 1.165) is 19.2 Å². The van der Waals surface area contributed by atoms with Gasteiger partial charge in [-0.1, -0.05) is 6.07 Å². The maximum Gasteiger partial charge on any atom is 0.435 e. The van der Waals surface area contributed by atoms with Crippen LogP contribution in [0.15, 0.2) is 35.4 Å². The van der Waals surface area contributed by atoms with E-state index in [-0.39, 0.29) is 10.6 Å². The normalized spacial score (nSPS) is 11.6. The lowest BCUT2D eigenvalue weighted by Crippen LogP contribution is -2.21. The number of amides is 1. The number of carbonyl (C=O) groups excluding carboxylic acids is 1. The summed E-state index contributed by atoms with van der Waals surface area (Å²) in [5, 5.41) is 17.1. The van der Waals surface area contributed by atoms with Crippen molar-refractivity contribution >= 4 is 21.4 Å². The first-order valence-electron chi connectivity index (χ1n) is 9.22. The summed E-state index contributed by atoms with van der Waals surface area (Å²) in [5.41, 5.74) is -4.06. The number of hydrogen-bond acceptors (Lipinski definition) is 8. The molecule has 2 heterocycles. The maximum absolute atomic E-state index is 14.2. The Morgan fingerprint density at radius 3 is 2.43 bits per heavy atom. The van der Waals surface area contributed by atoms with Crippen LogP contribution in [-0.4, -0.2) is 35.8 Å². The van der Waals surface area contributed by atoms with Gasteiger partial charge in [-0.3, -0.25) is 4.79 Å². The molecular weight excluding hydrogens is 501 g/mol. The third kappa shape index (κ3) is 5.32. The summed E-state index contributed by atoms with van der Waals surface area (Å²) in [6, 6.07) is 6.17. The number of benzene rings is 1. The molecule has 0 atom stereocenters. The van der Waals surface area contributed by atoms with Crippen molar-refractivity contribution in [1.29, 1.82) is 5.26 Å². The minimum absolute atomic E-state index is 0.109. The first-order valence-corrected chi connectivity index (χ1v) is 11.1. The lowest BCUT2D eigenvalue weighted by atomic mass is 10.1. The zero-order chi connectivity index (χ0) is 26.1. The summed E-state index contributed by atoms with van der Waals surface area (Å²) in [4.78, 5) is 16.1. The largest absolute Gasteiger partial charge is 0.435 e. The first kappa shape index (κ1) is 25.4. The number of nitriles is 1. The molecule has 0 spiro atoms. The van der Waals surface area contributed by atoms with E-state index in [1.165, 1.54) is 24.3 Å². The van der Waals surface area contributed by atoms with Crippen molar-refractivity contribution in [2.75, 3.05) is 11.6 Å². The maximum atomic E-state index is 14.2. The van der Waals surface area contributed by atoms with Crippen LogP contribution in [0.2, 0.25) is 0 Å². The number of aromatic nitrogens is 3. The number of anilines is 1. The van der Waals surface area contributed by atoms with Gasteiger partial charge in [0, 0.05) is 11.9 Å². The van der Waals surface area contributed by atoms with Crippen LogP contribution in [-0.2, 0) is 16.0 Å². The van der Waals surface area contributed by atoms with E-state index in [1.54, 1.807) is 0 Å². The van der Waals surface area contributed by atoms with E-state index in [1.807, 2.05) is 0 Å². The fourth-order valence-corrected chi connectivity index (χ4v) is 3.46. The summed E-state index contributed by atoms with van der Waals surface area (Å²) in [6.07, 6.45) is -3.52. The highest BCUT2D eigenvalue weighted by atomic mass is 32.2. The summed E-state index contributed by atoms with van der Waals surface area (Å²) in [7, 11) is -3.68. The molecule has 0 fully saturated rings. The Morgan fingerprint density at radius 2 is 1.83 bits per heavy atom. The molecule has 0 aliphatic rings. The Bertz CT molecular complexity index is 1490. The number of nitrogens with zero attached hydrogens (tertiary/aromatic N) is 4. The summed E-state index contributed by atoms with van der Waals surface area (Å²) >= 11 is 0. The van der Waals surface area contributed by atoms with Gasteiger partial charge in [-0.2, -0.15) is 22.8 Å². The van der Waals surface area contributed by atoms with Crippen LogP contribution in [0.4, 0.5) is 27.6 Å². The van der Waals surface area contributed by atoms with Gasteiger partial charge in [0.2, 0.25) is 5.82 Å². The zero-order valence-corrected chi connectivity index (χ0v) is 18.4. The monoisotopic (exact) mass is 513 g/mol. The van der Waals surface area contributed by atoms with Crippen molar-refractivity contribution in [3.8, 4) is 17.8 Å². The standard InChI is InChI=1S/C20H12F5N5O4S/c1-9-13(17(31)28-11-4-3-5-12(6-11)35(2,32)33)18(30-29-16(9)20(23,24)25)34-19-15(22)14(21)10(7-26)8-27-19/h3-6,8H,1-2H3,(H,28,31). The van der Waals surface area contributed by atoms with Crippen molar-refractivity contribution in [1.82, 2.24) is 15.2 Å². The number of sulfone groups is 1. The van der Waals surface area contributed by atoms with Crippen LogP contribution >= 0.6 is 0 Å². The lowest BCUT2D eigenvalue weighted by Gasteiger charge is -2.16. The van der Waals surface area contributed by atoms with Crippen LogP contribution in [0, 0.1) is 29.9 Å². The van der Waals surface area contributed by atoms with Gasteiger partial charge in [0.15, 0.2) is 21.3 Å². The van der Waals surface area contributed by atoms with Gasteiger partial charge in [0.25, 0.3) is 17.7 Å². The van der Waals surface area contributed by atoms with E-state index in [9.17, 15) is 35.2 Å². The quantitative estimate of drug-likeness (QED) is 0.509. The number of rotatable bonds is 5. The van der Waals surface area contributed by atoms with Crippen LogP contribution in [0.25, 0.3) is 0 Å². The molecule has 1 amide bonds. The first-order chi connectivity index (χ1) is 16.2. The molecule has 0 aliphatic carbocycles. The number of halogens is 5. The third-order valence-corrected chi connectivity index (χ3v) is 5.55. The predicted molar refractivity (Wildman–Crippen MR) is 108 cm³/mol. The van der Waals surface area contributed by atoms with Gasteiger partial charge in [-0.25, -0.2) is 17.8 Å². The van der Waals surface area contributed by atoms with Gasteiger partial charge in [0.1, 0.15) is 17.2 Å². The topological polar surface area (TPSA) is 135 Å². The van der Waals surface area contributed by atoms with Gasteiger partial charge in [0.05, 0.1) is 11.1 Å². The van der Waals surface area contributed by atoms with Crippen molar-refractivity contribution in [2.24, 2.45) is 0 Å². The molecule has 35 heavy (non-hydrogen) atoms. The Morgan fingerprint density at radius 1 is 1.14 bits per heavy atom. The van der Waals surface area contributed by atoms with E-state index in [2.05, 4.69) is 20.5 Å². The smallest absolute Gasteiger partial charge is 0.415 e. The number of carbonyl (C=O) groups is 1. The Hall–Kier alpha value is -4.19. The molecule has 182 valence electrons. The molecule has 9 nitrogen and oxygen atoms in total. The van der Waals surface area contributed by atoms with Crippen molar-refractivity contribution in [2.45, 2.75) is 18.0 Å². The van der Waals surface area contributed by atoms with E-state index >= 15 is 0 Å². The molecule has 0 saturated carbocycles. The molecule has 1 aromatic carbocycles. The third-order valence-electron chi connectivity index (χ3n) is 4.44. The molecule has 2 aromatic heterocycles. The zero-order valence-electron chi connectivity index (χ0n) is 17.6. The Kier molecular flexibility index (Phi) is 6.70. The number of nitrogens with one attached hydrogen (secondary N) is 1. The molecule has 0 saturated heterocycles. The van der Waals surface area contributed by atoms with Gasteiger partial charge >= 0.3 is 6.18 Å². The molecule has 0 bridgehead atoms. The second-order valence-corrected chi connectivity index (χ2v) is 8.94. The average Bonchev–Trinajstić information content (AvgIpc) is 2.76. The number of pyridine rings is 1. The molecule has 1 N–H and O–H groups in total. The van der Waals surface area contributed by atoms with Crippen LogP contribution in [0.1, 0.15) is 27.2 Å². The fraction of sp³-hybridized carbons (Fsp3) is 0.150. The average molecular weight is 513 g/mol. The summed E-state index contributed by atoms with van der Waals surface area (Å²) in [5.74, 6) is -6.72. The molecule has 3 aromatic rings. The Labute approximate surface area is 194 Å². The number of ether oxygens (including phenoxy) is 1. The minimum atomic E-state index is -5.04. The molecule has 0 unspecified atom stereocenters. The van der Waals surface area contributed by atoms with Crippen molar-refractivity contribution in [3.05, 3.63) is 64.5 Å². The predicted octanol–water partition coefficient (Wildman–Crippen LogP) is 3.80. The van der Waals surface area contributed by atoms with E-state index in [0.29, 0.717) is 6.20 Å². The number of hydrogen-bond donors (Lipinski definition) is 1. The van der Waals surface area contributed by atoms with Gasteiger partial charge in [-0.15, -0.1) is 10.2 Å². The lowest BCUT2D eigenvalue weighted by molar-refractivity contribution is -0.142. The van der Waals surface area contributed by atoms with Crippen LogP contribution < -0.4 is 10.1 Å². The van der Waals surface area contributed by atoms with Crippen LogP contribution in [0.5, 0.6) is 11.8 Å². The molecule has 0 radical (unpaired) electrons. The number of alkyl halides is 3. The minimum Gasteiger partial charge on any atom is -0.415 e. The molecule has 0 aliphatic heterocycles. The van der Waals surface area contributed by atoms with Crippen molar-refractivity contribution in [3.63, 3.8) is 0 Å². The highest BCUT2D eigenvalue weighted by Gasteiger charge is 2.38. The fourth-order valence-electron chi connectivity index (χ4n) is 2.79. The van der Waals surface area contributed by atoms with Crippen LogP contribution in [0.3, 0.4) is 0 Å². The van der Waals surface area contributed by atoms with Gasteiger partial charge < -0.3 is 10.1 Å². The summed E-state index contributed by atoms with van der Waals surface area (Å²) in [6.45, 7) is 0.870. The molecule has 15 heteroatoms. The van der Waals surface area contributed by atoms with E-state index in [4.69, 9.17) is 10.00 Å². The van der Waals surface area contributed by atoms with Crippen molar-refractivity contribution < 1.29 is 39.9 Å². The second-order valence-electron chi connectivity index (χ2n) is 6.92. The summed E-state index contributed by atoms with van der Waals surface area (Å²) < 4.78 is 96.7.